The van der Waals surface area contributed by atoms with E-state index in [9.17, 15) is 0 Å². The average molecular weight is 385 g/mol. The molecule has 1 heterocycles. The SMILES string of the molecule is CN(C)CCN(CCN(C)C)n1cc(-c2ccccc2)c2cc(Cl)ccc21. The Morgan fingerprint density at radius 1 is 0.815 bits per heavy atom. The minimum Gasteiger partial charge on any atom is -0.310 e. The predicted molar refractivity (Wildman–Crippen MR) is 117 cm³/mol. The molecule has 0 radical (unpaired) electrons. The predicted octanol–water partition coefficient (Wildman–Crippen LogP) is 4.02. The molecule has 0 fully saturated rings. The quantitative estimate of drug-likeness (QED) is 0.583. The average Bonchev–Trinajstić information content (AvgIpc) is 3.00. The molecule has 2 aromatic carbocycles. The number of benzene rings is 2. The van der Waals surface area contributed by atoms with E-state index in [0.717, 1.165) is 31.2 Å². The first-order chi connectivity index (χ1) is 13.0. The Morgan fingerprint density at radius 2 is 1.44 bits per heavy atom. The smallest absolute Gasteiger partial charge is 0.0702 e. The summed E-state index contributed by atoms with van der Waals surface area (Å²) in [6, 6.07) is 16.7. The van der Waals surface area contributed by atoms with Crippen LogP contribution in [-0.2, 0) is 0 Å². The van der Waals surface area contributed by atoms with Gasteiger partial charge in [0, 0.05) is 48.3 Å². The van der Waals surface area contributed by atoms with Crippen molar-refractivity contribution >= 4 is 22.5 Å². The van der Waals surface area contributed by atoms with E-state index in [1.165, 1.54) is 22.0 Å². The molecular weight excluding hydrogens is 356 g/mol. The third-order valence-electron chi connectivity index (χ3n) is 4.75. The van der Waals surface area contributed by atoms with E-state index in [1.54, 1.807) is 0 Å². The number of hydrogen-bond donors (Lipinski definition) is 0. The van der Waals surface area contributed by atoms with E-state index in [0.29, 0.717) is 0 Å². The molecule has 5 heteroatoms. The van der Waals surface area contributed by atoms with Crippen molar-refractivity contribution in [2.75, 3.05) is 59.4 Å². The maximum absolute atomic E-state index is 6.34. The molecule has 0 aliphatic carbocycles. The Labute approximate surface area is 167 Å². The maximum atomic E-state index is 6.34. The van der Waals surface area contributed by atoms with Gasteiger partial charge in [-0.05, 0) is 52.0 Å². The summed E-state index contributed by atoms with van der Waals surface area (Å²) in [7, 11) is 8.47. The number of rotatable bonds is 8. The number of likely N-dealkylation sites (N-methyl/N-ethyl adjacent to an activating group) is 2. The van der Waals surface area contributed by atoms with Crippen molar-refractivity contribution in [3.63, 3.8) is 0 Å². The summed E-state index contributed by atoms with van der Waals surface area (Å²) in [6.45, 7) is 3.92. The first kappa shape index (κ1) is 19.7. The van der Waals surface area contributed by atoms with Crippen molar-refractivity contribution in [3.05, 3.63) is 59.8 Å². The van der Waals surface area contributed by atoms with Gasteiger partial charge in [0.1, 0.15) is 0 Å². The summed E-state index contributed by atoms with van der Waals surface area (Å²) < 4.78 is 2.31. The summed E-state index contributed by atoms with van der Waals surface area (Å²) >= 11 is 6.34. The second kappa shape index (κ2) is 8.79. The van der Waals surface area contributed by atoms with Gasteiger partial charge in [-0.2, -0.15) is 0 Å². The van der Waals surface area contributed by atoms with E-state index in [-0.39, 0.29) is 0 Å². The molecule has 0 saturated heterocycles. The Hall–Kier alpha value is -2.01. The number of nitrogens with zero attached hydrogens (tertiary/aromatic N) is 4. The van der Waals surface area contributed by atoms with Gasteiger partial charge < -0.3 is 14.8 Å². The fourth-order valence-corrected chi connectivity index (χ4v) is 3.40. The van der Waals surface area contributed by atoms with Gasteiger partial charge >= 0.3 is 0 Å². The van der Waals surface area contributed by atoms with Gasteiger partial charge in [0.25, 0.3) is 0 Å². The second-order valence-electron chi connectivity index (χ2n) is 7.48. The first-order valence-electron chi connectivity index (χ1n) is 9.36. The maximum Gasteiger partial charge on any atom is 0.0702 e. The van der Waals surface area contributed by atoms with Crippen LogP contribution in [0.25, 0.3) is 22.0 Å². The Bertz CT molecular complexity index is 859. The zero-order chi connectivity index (χ0) is 19.4. The van der Waals surface area contributed by atoms with Gasteiger partial charge in [0.15, 0.2) is 0 Å². The summed E-state index contributed by atoms with van der Waals surface area (Å²) in [5, 5.41) is 4.38. The molecule has 27 heavy (non-hydrogen) atoms. The van der Waals surface area contributed by atoms with Crippen molar-refractivity contribution in [2.45, 2.75) is 0 Å². The molecule has 4 nitrogen and oxygen atoms in total. The zero-order valence-corrected chi connectivity index (χ0v) is 17.4. The van der Waals surface area contributed by atoms with Crippen LogP contribution in [0.4, 0.5) is 0 Å². The fourth-order valence-electron chi connectivity index (χ4n) is 3.23. The van der Waals surface area contributed by atoms with Gasteiger partial charge in [0.05, 0.1) is 5.52 Å². The van der Waals surface area contributed by atoms with Crippen LogP contribution < -0.4 is 5.01 Å². The van der Waals surface area contributed by atoms with E-state index in [1.807, 2.05) is 6.07 Å². The minimum absolute atomic E-state index is 0.769. The standard InChI is InChI=1S/C22H29ClN4/c1-24(2)12-14-26(15-13-25(3)4)27-17-21(18-8-6-5-7-9-18)20-16-19(23)10-11-22(20)27/h5-11,16-17H,12-15H2,1-4H3. The lowest BCUT2D eigenvalue weighted by atomic mass is 10.1. The van der Waals surface area contributed by atoms with Gasteiger partial charge in [-0.1, -0.05) is 41.9 Å². The van der Waals surface area contributed by atoms with Crippen molar-refractivity contribution in [1.82, 2.24) is 14.5 Å². The fraction of sp³-hybridized carbons (Fsp3) is 0.364. The van der Waals surface area contributed by atoms with Gasteiger partial charge in [-0.3, -0.25) is 4.68 Å². The topological polar surface area (TPSA) is 14.7 Å². The molecule has 0 saturated carbocycles. The van der Waals surface area contributed by atoms with Crippen LogP contribution in [-0.4, -0.2) is 68.8 Å². The van der Waals surface area contributed by atoms with Crippen LogP contribution in [0, 0.1) is 0 Å². The van der Waals surface area contributed by atoms with Crippen LogP contribution in [0.5, 0.6) is 0 Å². The summed E-state index contributed by atoms with van der Waals surface area (Å²) in [5.74, 6) is 0. The molecule has 0 bridgehead atoms. The molecule has 144 valence electrons. The monoisotopic (exact) mass is 384 g/mol. The number of halogens is 1. The molecular formula is C22H29ClN4. The Morgan fingerprint density at radius 3 is 2.04 bits per heavy atom. The van der Waals surface area contributed by atoms with Crippen molar-refractivity contribution in [2.24, 2.45) is 0 Å². The minimum atomic E-state index is 0.769. The molecule has 0 atom stereocenters. The highest BCUT2D eigenvalue weighted by Crippen LogP contribution is 2.32. The van der Waals surface area contributed by atoms with Gasteiger partial charge in [-0.15, -0.1) is 0 Å². The number of hydrogen-bond acceptors (Lipinski definition) is 3. The molecule has 0 amide bonds. The Balaban J connectivity index is 2.07. The van der Waals surface area contributed by atoms with Crippen molar-refractivity contribution < 1.29 is 0 Å². The highest BCUT2D eigenvalue weighted by Gasteiger charge is 2.15. The molecule has 3 aromatic rings. The molecule has 0 unspecified atom stereocenters. The van der Waals surface area contributed by atoms with E-state index in [2.05, 4.69) is 96.3 Å². The lowest BCUT2D eigenvalue weighted by Gasteiger charge is -2.29. The van der Waals surface area contributed by atoms with Crippen LogP contribution in [0.3, 0.4) is 0 Å². The van der Waals surface area contributed by atoms with E-state index >= 15 is 0 Å². The van der Waals surface area contributed by atoms with Crippen LogP contribution in [0.1, 0.15) is 0 Å². The van der Waals surface area contributed by atoms with E-state index < -0.39 is 0 Å². The molecule has 3 rings (SSSR count). The van der Waals surface area contributed by atoms with Crippen molar-refractivity contribution in [3.8, 4) is 11.1 Å². The Kier molecular flexibility index (Phi) is 6.42. The van der Waals surface area contributed by atoms with Crippen LogP contribution >= 0.6 is 11.6 Å². The lowest BCUT2D eigenvalue weighted by Crippen LogP contribution is -2.43. The summed E-state index contributed by atoms with van der Waals surface area (Å²) in [4.78, 5) is 4.45. The molecule has 0 aliphatic rings. The summed E-state index contributed by atoms with van der Waals surface area (Å²) in [6.07, 6.45) is 2.25. The molecule has 0 spiro atoms. The van der Waals surface area contributed by atoms with E-state index in [4.69, 9.17) is 11.6 Å². The highest BCUT2D eigenvalue weighted by molar-refractivity contribution is 6.31. The van der Waals surface area contributed by atoms with Crippen molar-refractivity contribution in [1.29, 1.82) is 0 Å². The van der Waals surface area contributed by atoms with Crippen LogP contribution in [0.15, 0.2) is 54.7 Å². The van der Waals surface area contributed by atoms with Crippen LogP contribution in [0.2, 0.25) is 5.02 Å². The molecule has 0 aliphatic heterocycles. The zero-order valence-electron chi connectivity index (χ0n) is 16.7. The second-order valence-corrected chi connectivity index (χ2v) is 7.91. The lowest BCUT2D eigenvalue weighted by molar-refractivity contribution is 0.368. The molecule has 1 aromatic heterocycles. The van der Waals surface area contributed by atoms with Gasteiger partial charge in [0.2, 0.25) is 0 Å². The summed E-state index contributed by atoms with van der Waals surface area (Å²) in [5.41, 5.74) is 3.62. The number of fused-ring (bicyclic) bond motifs is 1. The third-order valence-corrected chi connectivity index (χ3v) is 4.98. The number of aromatic nitrogens is 1. The molecule has 0 N–H and O–H groups in total. The highest BCUT2D eigenvalue weighted by atomic mass is 35.5. The normalized spacial score (nSPS) is 11.7. The first-order valence-corrected chi connectivity index (χ1v) is 9.74. The third kappa shape index (κ3) is 4.83. The largest absolute Gasteiger partial charge is 0.310 e. The van der Waals surface area contributed by atoms with Gasteiger partial charge in [-0.25, -0.2) is 0 Å².